The van der Waals surface area contributed by atoms with Crippen molar-refractivity contribution in [3.05, 3.63) is 64.2 Å². The highest BCUT2D eigenvalue weighted by molar-refractivity contribution is 7.89. The van der Waals surface area contributed by atoms with Gasteiger partial charge in [0.25, 0.3) is 5.69 Å². The lowest BCUT2D eigenvalue weighted by Crippen LogP contribution is -2.27. The van der Waals surface area contributed by atoms with Gasteiger partial charge in [0.2, 0.25) is 10.0 Å². The largest absolute Gasteiger partial charge is 0.382 e. The van der Waals surface area contributed by atoms with Crippen molar-refractivity contribution in [3.63, 3.8) is 0 Å². The SMILES string of the molecule is CN(C)C(CNc1ccc([N+](=O)[O-])cc1S(N)(=O)=O)c1ccccc1. The summed E-state index contributed by atoms with van der Waals surface area (Å²) in [7, 11) is -0.278. The number of nitrogens with two attached hydrogens (primary N) is 1. The predicted molar refractivity (Wildman–Crippen MR) is 95.8 cm³/mol. The van der Waals surface area contributed by atoms with E-state index < -0.39 is 14.9 Å². The Hall–Kier alpha value is -2.49. The molecule has 0 aliphatic heterocycles. The minimum Gasteiger partial charge on any atom is -0.382 e. The lowest BCUT2D eigenvalue weighted by atomic mass is 10.1. The van der Waals surface area contributed by atoms with Crippen molar-refractivity contribution in [1.29, 1.82) is 0 Å². The van der Waals surface area contributed by atoms with Crippen LogP contribution in [0.3, 0.4) is 0 Å². The summed E-state index contributed by atoms with van der Waals surface area (Å²) in [5, 5.41) is 19.1. The van der Waals surface area contributed by atoms with Crippen molar-refractivity contribution >= 4 is 21.4 Å². The van der Waals surface area contributed by atoms with Gasteiger partial charge < -0.3 is 10.2 Å². The van der Waals surface area contributed by atoms with E-state index in [1.165, 1.54) is 12.1 Å². The molecule has 0 aliphatic rings. The molecule has 2 aromatic rings. The third kappa shape index (κ3) is 4.75. The van der Waals surface area contributed by atoms with Crippen LogP contribution >= 0.6 is 0 Å². The molecule has 0 amide bonds. The van der Waals surface area contributed by atoms with Crippen LogP contribution in [0.25, 0.3) is 0 Å². The molecular weight excluding hydrogens is 344 g/mol. The third-order valence-electron chi connectivity index (χ3n) is 3.78. The van der Waals surface area contributed by atoms with Crippen LogP contribution in [0.1, 0.15) is 11.6 Å². The highest BCUT2D eigenvalue weighted by Gasteiger charge is 2.20. The number of primary sulfonamides is 1. The van der Waals surface area contributed by atoms with Crippen LogP contribution in [-0.2, 0) is 10.0 Å². The van der Waals surface area contributed by atoms with Crippen LogP contribution in [-0.4, -0.2) is 38.9 Å². The molecule has 0 saturated carbocycles. The van der Waals surface area contributed by atoms with Crippen molar-refractivity contribution in [2.75, 3.05) is 26.0 Å². The Morgan fingerprint density at radius 3 is 2.36 bits per heavy atom. The zero-order valence-corrected chi connectivity index (χ0v) is 14.7. The summed E-state index contributed by atoms with van der Waals surface area (Å²) < 4.78 is 23.6. The number of nitrogens with one attached hydrogen (secondary N) is 1. The molecule has 0 bridgehead atoms. The molecule has 25 heavy (non-hydrogen) atoms. The number of hydrogen-bond acceptors (Lipinski definition) is 6. The first kappa shape index (κ1) is 18.8. The molecule has 0 aliphatic carbocycles. The van der Waals surface area contributed by atoms with E-state index in [9.17, 15) is 18.5 Å². The molecular formula is C16H20N4O4S. The van der Waals surface area contributed by atoms with Crippen LogP contribution < -0.4 is 10.5 Å². The zero-order valence-electron chi connectivity index (χ0n) is 13.9. The molecule has 1 unspecified atom stereocenters. The van der Waals surface area contributed by atoms with Crippen LogP contribution in [0, 0.1) is 10.1 Å². The van der Waals surface area contributed by atoms with Crippen molar-refractivity contribution in [2.45, 2.75) is 10.9 Å². The number of non-ortho nitro benzene ring substituents is 1. The van der Waals surface area contributed by atoms with Crippen molar-refractivity contribution in [3.8, 4) is 0 Å². The smallest absolute Gasteiger partial charge is 0.270 e. The maximum atomic E-state index is 11.8. The fourth-order valence-electron chi connectivity index (χ4n) is 2.49. The number of sulfonamides is 1. The van der Waals surface area contributed by atoms with E-state index in [0.29, 0.717) is 6.54 Å². The summed E-state index contributed by atoms with van der Waals surface area (Å²) in [6, 6.07) is 13.3. The van der Waals surface area contributed by atoms with Gasteiger partial charge in [-0.25, -0.2) is 13.6 Å². The monoisotopic (exact) mass is 364 g/mol. The zero-order chi connectivity index (χ0) is 18.6. The molecule has 2 rings (SSSR count). The van der Waals surface area contributed by atoms with E-state index in [1.54, 1.807) is 0 Å². The fourth-order valence-corrected chi connectivity index (χ4v) is 3.22. The maximum absolute atomic E-state index is 11.8. The summed E-state index contributed by atoms with van der Waals surface area (Å²) in [6.07, 6.45) is 0. The molecule has 0 spiro atoms. The van der Waals surface area contributed by atoms with Crippen molar-refractivity contribution < 1.29 is 13.3 Å². The van der Waals surface area contributed by atoms with Crippen molar-refractivity contribution in [1.82, 2.24) is 4.90 Å². The summed E-state index contributed by atoms with van der Waals surface area (Å²) in [6.45, 7) is 0.400. The topological polar surface area (TPSA) is 119 Å². The molecule has 9 heteroatoms. The number of nitrogens with zero attached hydrogens (tertiary/aromatic N) is 2. The van der Waals surface area contributed by atoms with E-state index in [1.807, 2.05) is 49.3 Å². The second-order valence-corrected chi connectivity index (χ2v) is 7.28. The summed E-state index contributed by atoms with van der Waals surface area (Å²) in [4.78, 5) is 11.9. The second kappa shape index (κ2) is 7.60. The van der Waals surface area contributed by atoms with Gasteiger partial charge >= 0.3 is 0 Å². The average molecular weight is 364 g/mol. The number of hydrogen-bond donors (Lipinski definition) is 2. The quantitative estimate of drug-likeness (QED) is 0.572. The van der Waals surface area contributed by atoms with E-state index >= 15 is 0 Å². The van der Waals surface area contributed by atoms with E-state index in [-0.39, 0.29) is 22.3 Å². The van der Waals surface area contributed by atoms with Gasteiger partial charge in [0, 0.05) is 18.7 Å². The lowest BCUT2D eigenvalue weighted by Gasteiger charge is -2.26. The van der Waals surface area contributed by atoms with E-state index in [2.05, 4.69) is 5.32 Å². The first-order valence-corrected chi connectivity index (χ1v) is 9.01. The molecule has 134 valence electrons. The lowest BCUT2D eigenvalue weighted by molar-refractivity contribution is -0.385. The molecule has 0 radical (unpaired) electrons. The van der Waals surface area contributed by atoms with Crippen LogP contribution in [0.5, 0.6) is 0 Å². The Balaban J connectivity index is 2.31. The first-order valence-electron chi connectivity index (χ1n) is 7.46. The van der Waals surface area contributed by atoms with Gasteiger partial charge in [-0.3, -0.25) is 10.1 Å². The molecule has 1 atom stereocenters. The molecule has 0 saturated heterocycles. The highest BCUT2D eigenvalue weighted by atomic mass is 32.2. The normalized spacial score (nSPS) is 12.8. The van der Waals surface area contributed by atoms with Gasteiger partial charge in [-0.15, -0.1) is 0 Å². The number of nitro groups is 1. The van der Waals surface area contributed by atoms with Crippen LogP contribution in [0.2, 0.25) is 0 Å². The molecule has 2 aromatic carbocycles. The summed E-state index contributed by atoms with van der Waals surface area (Å²) >= 11 is 0. The minimum atomic E-state index is -4.10. The second-order valence-electron chi connectivity index (χ2n) is 5.75. The van der Waals surface area contributed by atoms with Gasteiger partial charge in [0.05, 0.1) is 16.7 Å². The van der Waals surface area contributed by atoms with Crippen LogP contribution in [0.15, 0.2) is 53.4 Å². The first-order chi connectivity index (χ1) is 11.7. The minimum absolute atomic E-state index is 0.0234. The number of rotatable bonds is 7. The predicted octanol–water partition coefficient (Wildman–Crippen LogP) is 1.96. The Kier molecular flexibility index (Phi) is 5.73. The standard InChI is InChI=1S/C16H20N4O4S/c1-19(2)15(12-6-4-3-5-7-12)11-18-14-9-8-13(20(21)22)10-16(14)25(17,23)24/h3-10,15,18H,11H2,1-2H3,(H2,17,23,24). The van der Waals surface area contributed by atoms with Crippen molar-refractivity contribution in [2.24, 2.45) is 5.14 Å². The Morgan fingerprint density at radius 2 is 1.84 bits per heavy atom. The van der Waals surface area contributed by atoms with E-state index in [4.69, 9.17) is 5.14 Å². The van der Waals surface area contributed by atoms with Gasteiger partial charge in [0.15, 0.2) is 0 Å². The van der Waals surface area contributed by atoms with Gasteiger partial charge in [-0.1, -0.05) is 30.3 Å². The Labute approximate surface area is 146 Å². The van der Waals surface area contributed by atoms with Crippen LogP contribution in [0.4, 0.5) is 11.4 Å². The van der Waals surface area contributed by atoms with Gasteiger partial charge in [0.1, 0.15) is 4.90 Å². The highest BCUT2D eigenvalue weighted by Crippen LogP contribution is 2.27. The third-order valence-corrected chi connectivity index (χ3v) is 4.73. The Morgan fingerprint density at radius 1 is 1.20 bits per heavy atom. The maximum Gasteiger partial charge on any atom is 0.270 e. The number of likely N-dealkylation sites (N-methyl/N-ethyl adjacent to an activating group) is 1. The van der Waals surface area contributed by atoms with Gasteiger partial charge in [-0.2, -0.15) is 0 Å². The van der Waals surface area contributed by atoms with Gasteiger partial charge in [-0.05, 0) is 25.7 Å². The fraction of sp³-hybridized carbons (Fsp3) is 0.250. The molecule has 0 heterocycles. The molecule has 8 nitrogen and oxygen atoms in total. The molecule has 0 fully saturated rings. The number of nitro benzene ring substituents is 1. The molecule has 0 aromatic heterocycles. The van der Waals surface area contributed by atoms with E-state index in [0.717, 1.165) is 11.6 Å². The molecule has 3 N–H and O–H groups in total. The number of anilines is 1. The summed E-state index contributed by atoms with van der Waals surface area (Å²) in [5.74, 6) is 0. The number of benzene rings is 2. The summed E-state index contributed by atoms with van der Waals surface area (Å²) in [5.41, 5.74) is 0.955. The average Bonchev–Trinajstić information content (AvgIpc) is 2.54. The Bertz CT molecular complexity index is 854.